The van der Waals surface area contributed by atoms with Crippen molar-refractivity contribution in [2.75, 3.05) is 39.8 Å². The quantitative estimate of drug-likeness (QED) is 0.755. The summed E-state index contributed by atoms with van der Waals surface area (Å²) in [5, 5.41) is 6.55. The van der Waals surface area contributed by atoms with Crippen LogP contribution in [0.4, 0.5) is 0 Å². The zero-order chi connectivity index (χ0) is 13.8. The summed E-state index contributed by atoms with van der Waals surface area (Å²) in [6.45, 7) is 3.23. The van der Waals surface area contributed by atoms with Crippen LogP contribution in [0.3, 0.4) is 0 Å². The first kappa shape index (κ1) is 13.5. The molecular weight excluding hydrogens is 246 g/mol. The smallest absolute Gasteiger partial charge is 0.269 e. The van der Waals surface area contributed by atoms with Gasteiger partial charge in [0.15, 0.2) is 0 Å². The highest BCUT2D eigenvalue weighted by Crippen LogP contribution is 2.00. The van der Waals surface area contributed by atoms with E-state index in [1.165, 1.54) is 4.68 Å². The molecule has 19 heavy (non-hydrogen) atoms. The summed E-state index contributed by atoms with van der Waals surface area (Å²) >= 11 is 0. The fraction of sp³-hybridized carbons (Fsp3) is 0.583. The third-order valence-electron chi connectivity index (χ3n) is 3.31. The number of hydrogen-bond acceptors (Lipinski definition) is 4. The van der Waals surface area contributed by atoms with E-state index in [4.69, 9.17) is 0 Å². The molecule has 1 aromatic rings. The Labute approximate surface area is 112 Å². The van der Waals surface area contributed by atoms with Crippen LogP contribution in [0, 0.1) is 0 Å². The second kappa shape index (κ2) is 5.83. The minimum absolute atomic E-state index is 0.0354. The highest BCUT2D eigenvalue weighted by Gasteiger charge is 2.19. The van der Waals surface area contributed by atoms with Gasteiger partial charge in [-0.3, -0.25) is 14.3 Å². The largest absolute Gasteiger partial charge is 0.342 e. The second-order valence-corrected chi connectivity index (χ2v) is 4.71. The summed E-state index contributed by atoms with van der Waals surface area (Å²) in [4.78, 5) is 27.7. The van der Waals surface area contributed by atoms with E-state index in [0.29, 0.717) is 5.69 Å². The van der Waals surface area contributed by atoms with Gasteiger partial charge >= 0.3 is 0 Å². The number of carbonyl (C=O) groups excluding carboxylic acids is 2. The molecule has 2 amide bonds. The number of likely N-dealkylation sites (N-methyl/N-ethyl adjacent to an activating group) is 1. The van der Waals surface area contributed by atoms with E-state index in [1.807, 2.05) is 7.05 Å². The molecule has 1 aliphatic rings. The summed E-state index contributed by atoms with van der Waals surface area (Å²) < 4.78 is 1.48. The molecule has 0 aliphatic carbocycles. The number of aryl methyl sites for hydroxylation is 1. The van der Waals surface area contributed by atoms with Gasteiger partial charge in [0.05, 0.1) is 6.54 Å². The molecule has 1 saturated heterocycles. The van der Waals surface area contributed by atoms with E-state index in [-0.39, 0.29) is 18.4 Å². The molecule has 2 rings (SSSR count). The summed E-state index contributed by atoms with van der Waals surface area (Å²) in [5.74, 6) is -0.314. The third-order valence-corrected chi connectivity index (χ3v) is 3.31. The molecule has 1 aromatic heterocycles. The van der Waals surface area contributed by atoms with E-state index in [9.17, 15) is 9.59 Å². The van der Waals surface area contributed by atoms with Gasteiger partial charge in [-0.25, -0.2) is 0 Å². The number of aromatic nitrogens is 2. The molecule has 0 saturated carbocycles. The van der Waals surface area contributed by atoms with Crippen LogP contribution in [0.15, 0.2) is 12.3 Å². The van der Waals surface area contributed by atoms with Gasteiger partial charge in [0.1, 0.15) is 5.69 Å². The van der Waals surface area contributed by atoms with E-state index in [0.717, 1.165) is 26.2 Å². The molecule has 0 aromatic carbocycles. The third kappa shape index (κ3) is 3.31. The van der Waals surface area contributed by atoms with Crippen molar-refractivity contribution in [1.82, 2.24) is 24.9 Å². The number of hydrogen-bond donors (Lipinski definition) is 1. The van der Waals surface area contributed by atoms with Crippen LogP contribution in [0.5, 0.6) is 0 Å². The standard InChI is InChI=1S/C12H19N5O2/c1-15-5-7-17(8-6-15)11(18)9-13-12(19)10-3-4-14-16(10)2/h3-4H,5-9H2,1-2H3,(H,13,19). The Balaban J connectivity index is 1.81. The van der Waals surface area contributed by atoms with E-state index in [2.05, 4.69) is 15.3 Å². The fourth-order valence-corrected chi connectivity index (χ4v) is 2.01. The minimum Gasteiger partial charge on any atom is -0.342 e. The van der Waals surface area contributed by atoms with Crippen LogP contribution in [0.25, 0.3) is 0 Å². The van der Waals surface area contributed by atoms with Crippen LogP contribution in [0.2, 0.25) is 0 Å². The molecule has 7 heteroatoms. The average Bonchev–Trinajstić information content (AvgIpc) is 2.83. The monoisotopic (exact) mass is 265 g/mol. The Morgan fingerprint density at radius 2 is 1.95 bits per heavy atom. The molecule has 104 valence electrons. The van der Waals surface area contributed by atoms with Crippen LogP contribution in [0.1, 0.15) is 10.5 Å². The van der Waals surface area contributed by atoms with Gasteiger partial charge in [-0.05, 0) is 13.1 Å². The number of amides is 2. The Hall–Kier alpha value is -1.89. The lowest BCUT2D eigenvalue weighted by Gasteiger charge is -2.32. The molecular formula is C12H19N5O2. The molecule has 0 radical (unpaired) electrons. The Morgan fingerprint density at radius 3 is 2.53 bits per heavy atom. The molecule has 0 spiro atoms. The van der Waals surface area contributed by atoms with Crippen molar-refractivity contribution in [3.05, 3.63) is 18.0 Å². The maximum Gasteiger partial charge on any atom is 0.269 e. The molecule has 1 fully saturated rings. The lowest BCUT2D eigenvalue weighted by molar-refractivity contribution is -0.131. The average molecular weight is 265 g/mol. The molecule has 0 bridgehead atoms. The molecule has 0 atom stereocenters. The maximum absolute atomic E-state index is 11.9. The lowest BCUT2D eigenvalue weighted by Crippen LogP contribution is -2.50. The molecule has 1 N–H and O–H groups in total. The highest BCUT2D eigenvalue weighted by atomic mass is 16.2. The number of nitrogens with zero attached hydrogens (tertiary/aromatic N) is 4. The van der Waals surface area contributed by atoms with Crippen LogP contribution in [-0.4, -0.2) is 71.2 Å². The molecule has 0 unspecified atom stereocenters. The normalized spacial score (nSPS) is 16.4. The summed E-state index contributed by atoms with van der Waals surface area (Å²) in [5.41, 5.74) is 0.450. The van der Waals surface area contributed by atoms with Crippen LogP contribution >= 0.6 is 0 Å². The topological polar surface area (TPSA) is 70.5 Å². The van der Waals surface area contributed by atoms with Gasteiger partial charge in [0, 0.05) is 39.4 Å². The summed E-state index contributed by atoms with van der Waals surface area (Å²) in [6, 6.07) is 1.62. The maximum atomic E-state index is 11.9. The zero-order valence-electron chi connectivity index (χ0n) is 11.3. The van der Waals surface area contributed by atoms with Gasteiger partial charge in [-0.1, -0.05) is 0 Å². The van der Waals surface area contributed by atoms with Crippen molar-refractivity contribution in [2.24, 2.45) is 7.05 Å². The van der Waals surface area contributed by atoms with Crippen molar-refractivity contribution in [1.29, 1.82) is 0 Å². The molecule has 2 heterocycles. The van der Waals surface area contributed by atoms with E-state index >= 15 is 0 Å². The van der Waals surface area contributed by atoms with Crippen molar-refractivity contribution >= 4 is 11.8 Å². The van der Waals surface area contributed by atoms with Gasteiger partial charge in [0.25, 0.3) is 5.91 Å². The van der Waals surface area contributed by atoms with E-state index in [1.54, 1.807) is 24.2 Å². The first-order chi connectivity index (χ1) is 9.08. The van der Waals surface area contributed by atoms with Crippen LogP contribution < -0.4 is 5.32 Å². The van der Waals surface area contributed by atoms with Crippen molar-refractivity contribution in [3.8, 4) is 0 Å². The lowest BCUT2D eigenvalue weighted by atomic mass is 10.3. The van der Waals surface area contributed by atoms with E-state index < -0.39 is 0 Å². The number of nitrogens with one attached hydrogen (secondary N) is 1. The molecule has 7 nitrogen and oxygen atoms in total. The van der Waals surface area contributed by atoms with Gasteiger partial charge in [-0.2, -0.15) is 5.10 Å². The van der Waals surface area contributed by atoms with Gasteiger partial charge < -0.3 is 15.1 Å². The summed E-state index contributed by atoms with van der Waals surface area (Å²) in [6.07, 6.45) is 1.55. The SMILES string of the molecule is CN1CCN(C(=O)CNC(=O)c2ccnn2C)CC1. The predicted molar refractivity (Wildman–Crippen MR) is 69.6 cm³/mol. The molecule has 1 aliphatic heterocycles. The van der Waals surface area contributed by atoms with Gasteiger partial charge in [-0.15, -0.1) is 0 Å². The zero-order valence-corrected chi connectivity index (χ0v) is 11.3. The number of carbonyl (C=O) groups is 2. The summed E-state index contributed by atoms with van der Waals surface area (Å²) in [7, 11) is 3.73. The van der Waals surface area contributed by atoms with Crippen molar-refractivity contribution in [3.63, 3.8) is 0 Å². The van der Waals surface area contributed by atoms with Crippen molar-refractivity contribution in [2.45, 2.75) is 0 Å². The number of rotatable bonds is 3. The minimum atomic E-state index is -0.275. The fourth-order valence-electron chi connectivity index (χ4n) is 2.01. The Bertz CT molecular complexity index is 462. The number of piperazine rings is 1. The van der Waals surface area contributed by atoms with Crippen LogP contribution in [-0.2, 0) is 11.8 Å². The first-order valence-electron chi connectivity index (χ1n) is 6.30. The Kier molecular flexibility index (Phi) is 4.16. The highest BCUT2D eigenvalue weighted by molar-refractivity contribution is 5.95. The van der Waals surface area contributed by atoms with Crippen molar-refractivity contribution < 1.29 is 9.59 Å². The predicted octanol–water partition coefficient (Wildman–Crippen LogP) is -1.08. The first-order valence-corrected chi connectivity index (χ1v) is 6.30. The van der Waals surface area contributed by atoms with Gasteiger partial charge in [0.2, 0.25) is 5.91 Å². The Morgan fingerprint density at radius 1 is 1.26 bits per heavy atom. The second-order valence-electron chi connectivity index (χ2n) is 4.71.